The van der Waals surface area contributed by atoms with Crippen LogP contribution in [0.2, 0.25) is 0 Å². The number of hydrogen-bond donors (Lipinski definition) is 0. The van der Waals surface area contributed by atoms with Crippen LogP contribution in [0.15, 0.2) is 66.7 Å². The summed E-state index contributed by atoms with van der Waals surface area (Å²) < 4.78 is 0. The van der Waals surface area contributed by atoms with Crippen LogP contribution in [-0.2, 0) is 0 Å². The van der Waals surface area contributed by atoms with Gasteiger partial charge in [-0.3, -0.25) is 4.79 Å². The molecule has 3 aromatic rings. The summed E-state index contributed by atoms with van der Waals surface area (Å²) in [5, 5.41) is 2.10. The van der Waals surface area contributed by atoms with E-state index in [1.165, 1.54) is 0 Å². The second kappa shape index (κ2) is 5.41. The molecular weight excluding hydrogens is 258 g/mol. The standard InChI is InChI=1S/C19H17NO/c1-20(2)18-13-12-17(15-10-6-7-11-16(15)18)19(21)14-8-4-3-5-9-14/h3-13H,1-2H3. The van der Waals surface area contributed by atoms with Gasteiger partial charge < -0.3 is 4.90 Å². The molecule has 3 rings (SSSR count). The zero-order valence-corrected chi connectivity index (χ0v) is 12.2. The first-order valence-electron chi connectivity index (χ1n) is 6.97. The molecule has 0 amide bonds. The van der Waals surface area contributed by atoms with Gasteiger partial charge in [0.05, 0.1) is 0 Å². The number of carbonyl (C=O) groups excluding carboxylic acids is 1. The highest BCUT2D eigenvalue weighted by Crippen LogP contribution is 2.29. The largest absolute Gasteiger partial charge is 0.377 e. The molecule has 0 N–H and O–H groups in total. The molecule has 0 heterocycles. The predicted octanol–water partition coefficient (Wildman–Crippen LogP) is 4.14. The summed E-state index contributed by atoms with van der Waals surface area (Å²) in [6.45, 7) is 0. The van der Waals surface area contributed by atoms with Crippen LogP contribution in [-0.4, -0.2) is 19.9 Å². The Morgan fingerprint density at radius 2 is 1.38 bits per heavy atom. The Hall–Kier alpha value is -2.61. The SMILES string of the molecule is CN(C)c1ccc(C(=O)c2ccccc2)c2ccccc12. The van der Waals surface area contributed by atoms with Gasteiger partial charge in [0.1, 0.15) is 0 Å². The van der Waals surface area contributed by atoms with E-state index in [4.69, 9.17) is 0 Å². The number of anilines is 1. The van der Waals surface area contributed by atoms with Crippen LogP contribution in [0.25, 0.3) is 10.8 Å². The Balaban J connectivity index is 2.21. The van der Waals surface area contributed by atoms with E-state index in [0.29, 0.717) is 0 Å². The van der Waals surface area contributed by atoms with Crippen molar-refractivity contribution in [1.82, 2.24) is 0 Å². The van der Waals surface area contributed by atoms with Gasteiger partial charge in [0, 0.05) is 36.3 Å². The summed E-state index contributed by atoms with van der Waals surface area (Å²) in [5.41, 5.74) is 2.60. The van der Waals surface area contributed by atoms with Crippen LogP contribution in [0.5, 0.6) is 0 Å². The molecule has 0 saturated carbocycles. The molecule has 0 spiro atoms. The van der Waals surface area contributed by atoms with E-state index in [1.54, 1.807) is 0 Å². The van der Waals surface area contributed by atoms with Gasteiger partial charge in [0.25, 0.3) is 0 Å². The monoisotopic (exact) mass is 275 g/mol. The Bertz CT molecular complexity index is 791. The van der Waals surface area contributed by atoms with Gasteiger partial charge >= 0.3 is 0 Å². The van der Waals surface area contributed by atoms with E-state index in [9.17, 15) is 4.79 Å². The summed E-state index contributed by atoms with van der Waals surface area (Å²) in [6, 6.07) is 21.4. The molecule has 0 unspecified atom stereocenters. The van der Waals surface area contributed by atoms with Crippen molar-refractivity contribution in [1.29, 1.82) is 0 Å². The highest BCUT2D eigenvalue weighted by atomic mass is 16.1. The van der Waals surface area contributed by atoms with E-state index < -0.39 is 0 Å². The lowest BCUT2D eigenvalue weighted by Gasteiger charge is -2.17. The third kappa shape index (κ3) is 2.40. The fourth-order valence-electron chi connectivity index (χ4n) is 2.62. The van der Waals surface area contributed by atoms with Gasteiger partial charge in [-0.05, 0) is 17.5 Å². The fourth-order valence-corrected chi connectivity index (χ4v) is 2.62. The molecule has 0 aliphatic heterocycles. The molecule has 0 fully saturated rings. The average Bonchev–Trinajstić information content (AvgIpc) is 2.54. The van der Waals surface area contributed by atoms with Gasteiger partial charge in [-0.2, -0.15) is 0 Å². The number of ketones is 1. The minimum absolute atomic E-state index is 0.0668. The number of rotatable bonds is 3. The van der Waals surface area contributed by atoms with Gasteiger partial charge in [0.15, 0.2) is 5.78 Å². The number of nitrogens with zero attached hydrogens (tertiary/aromatic N) is 1. The van der Waals surface area contributed by atoms with Crippen LogP contribution < -0.4 is 4.90 Å². The Morgan fingerprint density at radius 1 is 0.762 bits per heavy atom. The van der Waals surface area contributed by atoms with Crippen molar-refractivity contribution in [3.05, 3.63) is 77.9 Å². The Kier molecular flexibility index (Phi) is 3.44. The van der Waals surface area contributed by atoms with E-state index in [1.807, 2.05) is 74.8 Å². The smallest absolute Gasteiger partial charge is 0.193 e. The molecule has 104 valence electrons. The molecule has 2 nitrogen and oxygen atoms in total. The summed E-state index contributed by atoms with van der Waals surface area (Å²) in [7, 11) is 4.03. The molecule has 2 heteroatoms. The first-order valence-corrected chi connectivity index (χ1v) is 6.97. The first kappa shape index (κ1) is 13.4. The van der Waals surface area contributed by atoms with Crippen molar-refractivity contribution < 1.29 is 4.79 Å². The Labute approximate surface area is 124 Å². The summed E-state index contributed by atoms with van der Waals surface area (Å²) in [4.78, 5) is 14.8. The topological polar surface area (TPSA) is 20.3 Å². The average molecular weight is 275 g/mol. The quantitative estimate of drug-likeness (QED) is 0.670. The maximum absolute atomic E-state index is 12.7. The summed E-state index contributed by atoms with van der Waals surface area (Å²) in [6.07, 6.45) is 0. The zero-order valence-electron chi connectivity index (χ0n) is 12.2. The lowest BCUT2D eigenvalue weighted by Crippen LogP contribution is -2.10. The number of hydrogen-bond acceptors (Lipinski definition) is 2. The molecule has 0 bridgehead atoms. The highest BCUT2D eigenvalue weighted by molar-refractivity contribution is 6.18. The van der Waals surface area contributed by atoms with E-state index in [0.717, 1.165) is 27.6 Å². The van der Waals surface area contributed by atoms with Gasteiger partial charge in [0.2, 0.25) is 0 Å². The lowest BCUT2D eigenvalue weighted by molar-refractivity contribution is 0.104. The van der Waals surface area contributed by atoms with Crippen molar-refractivity contribution in [3.63, 3.8) is 0 Å². The van der Waals surface area contributed by atoms with Crippen molar-refractivity contribution in [2.45, 2.75) is 0 Å². The summed E-state index contributed by atoms with van der Waals surface area (Å²) in [5.74, 6) is 0.0668. The van der Waals surface area contributed by atoms with Crippen LogP contribution >= 0.6 is 0 Å². The van der Waals surface area contributed by atoms with Crippen molar-refractivity contribution in [3.8, 4) is 0 Å². The minimum Gasteiger partial charge on any atom is -0.377 e. The van der Waals surface area contributed by atoms with Gasteiger partial charge in [-0.25, -0.2) is 0 Å². The maximum atomic E-state index is 12.7. The van der Waals surface area contributed by atoms with E-state index in [-0.39, 0.29) is 5.78 Å². The van der Waals surface area contributed by atoms with Crippen molar-refractivity contribution in [2.24, 2.45) is 0 Å². The molecule has 0 radical (unpaired) electrons. The molecule has 0 aromatic heterocycles. The molecule has 3 aromatic carbocycles. The first-order chi connectivity index (χ1) is 10.2. The zero-order chi connectivity index (χ0) is 14.8. The van der Waals surface area contributed by atoms with Crippen molar-refractivity contribution >= 4 is 22.2 Å². The molecule has 0 saturated heterocycles. The van der Waals surface area contributed by atoms with Crippen molar-refractivity contribution in [2.75, 3.05) is 19.0 Å². The predicted molar refractivity (Wildman–Crippen MR) is 88.1 cm³/mol. The molecule has 0 aliphatic carbocycles. The van der Waals surface area contributed by atoms with Gasteiger partial charge in [-0.15, -0.1) is 0 Å². The van der Waals surface area contributed by atoms with E-state index >= 15 is 0 Å². The number of fused-ring (bicyclic) bond motifs is 1. The number of carbonyl (C=O) groups is 1. The maximum Gasteiger partial charge on any atom is 0.193 e. The third-order valence-corrected chi connectivity index (χ3v) is 3.66. The minimum atomic E-state index is 0.0668. The molecule has 0 aliphatic rings. The summed E-state index contributed by atoms with van der Waals surface area (Å²) >= 11 is 0. The second-order valence-electron chi connectivity index (χ2n) is 5.27. The normalized spacial score (nSPS) is 10.6. The highest BCUT2D eigenvalue weighted by Gasteiger charge is 2.14. The van der Waals surface area contributed by atoms with Crippen LogP contribution in [0.1, 0.15) is 15.9 Å². The lowest BCUT2D eigenvalue weighted by atomic mass is 9.96. The van der Waals surface area contributed by atoms with Crippen LogP contribution in [0.3, 0.4) is 0 Å². The van der Waals surface area contributed by atoms with E-state index in [2.05, 4.69) is 11.0 Å². The molecule has 21 heavy (non-hydrogen) atoms. The fraction of sp³-hybridized carbons (Fsp3) is 0.105. The van der Waals surface area contributed by atoms with Crippen LogP contribution in [0, 0.1) is 0 Å². The van der Waals surface area contributed by atoms with Gasteiger partial charge in [-0.1, -0.05) is 54.6 Å². The molecule has 0 atom stereocenters. The third-order valence-electron chi connectivity index (χ3n) is 3.66. The van der Waals surface area contributed by atoms with Crippen LogP contribution in [0.4, 0.5) is 5.69 Å². The Morgan fingerprint density at radius 3 is 2.05 bits per heavy atom. The molecular formula is C19H17NO. The second-order valence-corrected chi connectivity index (χ2v) is 5.27. The number of benzene rings is 3.